The topological polar surface area (TPSA) is 118 Å². The Morgan fingerprint density at radius 1 is 1.26 bits per heavy atom. The summed E-state index contributed by atoms with van der Waals surface area (Å²) in [6, 6.07) is 8.67. The second kappa shape index (κ2) is 8.01. The van der Waals surface area contributed by atoms with Crippen molar-refractivity contribution in [2.75, 3.05) is 24.0 Å². The van der Waals surface area contributed by atoms with Gasteiger partial charge in [-0.25, -0.2) is 12.9 Å². The number of hydrogen-bond donors (Lipinski definition) is 3. The third-order valence-corrected chi connectivity index (χ3v) is 6.75. The zero-order chi connectivity index (χ0) is 22.2. The predicted molar refractivity (Wildman–Crippen MR) is 119 cm³/mol. The number of ether oxygens (including phenoxy) is 1. The van der Waals surface area contributed by atoms with E-state index in [1.807, 2.05) is 25.3 Å². The second-order valence-electron chi connectivity index (χ2n) is 8.30. The normalized spacial score (nSPS) is 21.7. The Bertz CT molecular complexity index is 1200. The van der Waals surface area contributed by atoms with Crippen molar-refractivity contribution in [2.45, 2.75) is 49.1 Å². The van der Waals surface area contributed by atoms with Gasteiger partial charge >= 0.3 is 0 Å². The highest BCUT2D eigenvalue weighted by Gasteiger charge is 2.29. The number of anilines is 3. The molecule has 166 valence electrons. The number of methoxy groups -OCH3 is 1. The van der Waals surface area contributed by atoms with Crippen LogP contribution in [0.25, 0.3) is 5.52 Å². The van der Waals surface area contributed by atoms with E-state index in [0.29, 0.717) is 23.2 Å². The maximum Gasteiger partial charge on any atom is 0.247 e. The molecule has 0 bridgehead atoms. The van der Waals surface area contributed by atoms with Crippen LogP contribution < -0.4 is 15.4 Å². The summed E-state index contributed by atoms with van der Waals surface area (Å²) in [6.45, 7) is 1.88. The smallest absolute Gasteiger partial charge is 0.247 e. The number of benzene rings is 1. The van der Waals surface area contributed by atoms with Crippen molar-refractivity contribution in [2.24, 2.45) is 0 Å². The molecule has 0 saturated heterocycles. The first-order valence-electron chi connectivity index (χ1n) is 10.1. The third kappa shape index (κ3) is 4.75. The van der Waals surface area contributed by atoms with Crippen LogP contribution in [-0.2, 0) is 9.84 Å². The summed E-state index contributed by atoms with van der Waals surface area (Å²) in [7, 11) is -1.87. The molecule has 1 fully saturated rings. The molecule has 0 unspecified atom stereocenters. The lowest BCUT2D eigenvalue weighted by molar-refractivity contribution is 0.0196. The van der Waals surface area contributed by atoms with Crippen molar-refractivity contribution in [3.8, 4) is 5.75 Å². The van der Waals surface area contributed by atoms with Crippen LogP contribution in [0.3, 0.4) is 0 Å². The van der Waals surface area contributed by atoms with Gasteiger partial charge in [0.1, 0.15) is 11.3 Å². The van der Waals surface area contributed by atoms with Gasteiger partial charge in [-0.3, -0.25) is 0 Å². The van der Waals surface area contributed by atoms with Gasteiger partial charge in [0, 0.05) is 24.6 Å². The Kier molecular flexibility index (Phi) is 5.52. The van der Waals surface area contributed by atoms with Crippen LogP contribution in [0.2, 0.25) is 0 Å². The van der Waals surface area contributed by atoms with Gasteiger partial charge in [-0.05, 0) is 56.9 Å². The molecule has 9 nitrogen and oxygen atoms in total. The Balaban J connectivity index is 1.62. The molecule has 2 aromatic heterocycles. The molecule has 3 aromatic rings. The number of rotatable bonds is 6. The molecular formula is C21H27N5O4S. The van der Waals surface area contributed by atoms with E-state index in [0.717, 1.165) is 37.5 Å². The van der Waals surface area contributed by atoms with E-state index in [1.165, 1.54) is 19.2 Å². The molecule has 10 heteroatoms. The van der Waals surface area contributed by atoms with Crippen LogP contribution in [0.1, 0.15) is 32.6 Å². The molecule has 2 heterocycles. The zero-order valence-electron chi connectivity index (χ0n) is 17.8. The summed E-state index contributed by atoms with van der Waals surface area (Å²) in [5.74, 6) is 1.42. The first-order valence-corrected chi connectivity index (χ1v) is 12.0. The largest absolute Gasteiger partial charge is 0.495 e. The molecule has 3 N–H and O–H groups in total. The Morgan fingerprint density at radius 2 is 2.00 bits per heavy atom. The molecular weight excluding hydrogens is 418 g/mol. The van der Waals surface area contributed by atoms with Crippen molar-refractivity contribution in [3.05, 3.63) is 36.5 Å². The Hall–Kier alpha value is -2.85. The zero-order valence-corrected chi connectivity index (χ0v) is 18.6. The Morgan fingerprint density at radius 3 is 2.68 bits per heavy atom. The van der Waals surface area contributed by atoms with E-state index >= 15 is 0 Å². The summed E-state index contributed by atoms with van der Waals surface area (Å²) >= 11 is 0. The van der Waals surface area contributed by atoms with Crippen molar-refractivity contribution in [1.29, 1.82) is 0 Å². The fourth-order valence-corrected chi connectivity index (χ4v) is 4.43. The molecule has 0 spiro atoms. The molecule has 0 amide bonds. The lowest BCUT2D eigenvalue weighted by Gasteiger charge is -2.33. The summed E-state index contributed by atoms with van der Waals surface area (Å²) in [5, 5.41) is 21.3. The van der Waals surface area contributed by atoms with Crippen molar-refractivity contribution in [3.63, 3.8) is 0 Å². The summed E-state index contributed by atoms with van der Waals surface area (Å²) < 4.78 is 30.8. The molecule has 1 aliphatic rings. The lowest BCUT2D eigenvalue weighted by atomic mass is 9.84. The number of hydrogen-bond acceptors (Lipinski definition) is 8. The standard InChI is InChI=1S/C21H27N5O4S/c1-21(27)10-8-14(9-11-21)22-19-17-5-4-12-26(17)25-20(24-19)23-16-7-6-15(31(3,28)29)13-18(16)30-2/h4-7,12-14,27H,8-11H2,1-3H3,(H2,22,23,24,25)/t14-,21-. The SMILES string of the molecule is COc1cc(S(C)(=O)=O)ccc1Nc1nc(N[C@H]2CC[C@](C)(O)CC2)c2cccn2n1. The van der Waals surface area contributed by atoms with Gasteiger partial charge in [0.15, 0.2) is 15.7 Å². The van der Waals surface area contributed by atoms with E-state index in [2.05, 4.69) is 20.7 Å². The fourth-order valence-electron chi connectivity index (χ4n) is 3.80. The quantitative estimate of drug-likeness (QED) is 0.530. The Labute approximate surface area is 181 Å². The van der Waals surface area contributed by atoms with Gasteiger partial charge in [-0.1, -0.05) is 0 Å². The van der Waals surface area contributed by atoms with Gasteiger partial charge in [-0.2, -0.15) is 4.98 Å². The highest BCUT2D eigenvalue weighted by molar-refractivity contribution is 7.90. The van der Waals surface area contributed by atoms with Crippen molar-refractivity contribution < 1.29 is 18.3 Å². The average Bonchev–Trinajstić information content (AvgIpc) is 3.18. The molecule has 0 radical (unpaired) electrons. The monoisotopic (exact) mass is 445 g/mol. The average molecular weight is 446 g/mol. The van der Waals surface area contributed by atoms with Crippen LogP contribution in [-0.4, -0.2) is 53.1 Å². The lowest BCUT2D eigenvalue weighted by Crippen LogP contribution is -2.36. The number of fused-ring (bicyclic) bond motifs is 1. The van der Waals surface area contributed by atoms with Gasteiger partial charge in [0.05, 0.1) is 23.3 Å². The number of aliphatic hydroxyl groups is 1. The molecule has 1 aromatic carbocycles. The van der Waals surface area contributed by atoms with Crippen LogP contribution in [0, 0.1) is 0 Å². The van der Waals surface area contributed by atoms with Crippen LogP contribution in [0.15, 0.2) is 41.4 Å². The fraction of sp³-hybridized carbons (Fsp3) is 0.429. The highest BCUT2D eigenvalue weighted by atomic mass is 32.2. The summed E-state index contributed by atoms with van der Waals surface area (Å²) in [6.07, 6.45) is 6.18. The minimum atomic E-state index is -3.35. The van der Waals surface area contributed by atoms with Crippen LogP contribution >= 0.6 is 0 Å². The van der Waals surface area contributed by atoms with Crippen molar-refractivity contribution in [1.82, 2.24) is 14.6 Å². The summed E-state index contributed by atoms with van der Waals surface area (Å²) in [5.41, 5.74) is 0.804. The van der Waals surface area contributed by atoms with Gasteiger partial charge in [0.2, 0.25) is 5.95 Å². The first kappa shape index (κ1) is 21.4. The predicted octanol–water partition coefficient (Wildman–Crippen LogP) is 2.99. The second-order valence-corrected chi connectivity index (χ2v) is 10.3. The maximum atomic E-state index is 11.8. The minimum absolute atomic E-state index is 0.173. The van der Waals surface area contributed by atoms with Crippen LogP contribution in [0.5, 0.6) is 5.75 Å². The molecule has 4 rings (SSSR count). The number of aromatic nitrogens is 3. The highest BCUT2D eigenvalue weighted by Crippen LogP contribution is 2.32. The molecule has 1 saturated carbocycles. The van der Waals surface area contributed by atoms with E-state index in [4.69, 9.17) is 4.74 Å². The van der Waals surface area contributed by atoms with E-state index in [-0.39, 0.29) is 10.9 Å². The molecule has 0 atom stereocenters. The van der Waals surface area contributed by atoms with Crippen LogP contribution in [0.4, 0.5) is 17.5 Å². The molecule has 31 heavy (non-hydrogen) atoms. The van der Waals surface area contributed by atoms with E-state index in [9.17, 15) is 13.5 Å². The number of sulfone groups is 1. The van der Waals surface area contributed by atoms with Gasteiger partial charge in [0.25, 0.3) is 0 Å². The summed E-state index contributed by atoms with van der Waals surface area (Å²) in [4.78, 5) is 4.83. The minimum Gasteiger partial charge on any atom is -0.495 e. The van der Waals surface area contributed by atoms with Gasteiger partial charge < -0.3 is 20.5 Å². The molecule has 0 aliphatic heterocycles. The number of nitrogens with one attached hydrogen (secondary N) is 2. The first-order chi connectivity index (χ1) is 14.6. The van der Waals surface area contributed by atoms with E-state index < -0.39 is 15.4 Å². The number of nitrogens with zero attached hydrogens (tertiary/aromatic N) is 3. The molecule has 1 aliphatic carbocycles. The maximum absolute atomic E-state index is 11.8. The van der Waals surface area contributed by atoms with Crippen molar-refractivity contribution >= 4 is 32.8 Å². The third-order valence-electron chi connectivity index (χ3n) is 5.64. The van der Waals surface area contributed by atoms with E-state index in [1.54, 1.807) is 10.6 Å². The van der Waals surface area contributed by atoms with Gasteiger partial charge in [-0.15, -0.1) is 5.10 Å².